The third kappa shape index (κ3) is 4.27. The standard InChI is InChI=1S/C24H21N3O3/c1-27-21(14-20(15-28)26-27)8-5-18-12-19-4-3-11-25-24(19)23(13-18)30-16-17-6-9-22(29-2)10-7-17/h3-4,6-7,9-14,28H,15-16H2,1-2H3. The van der Waals surface area contributed by atoms with Crippen LogP contribution in [0.1, 0.15) is 22.5 Å². The Kier molecular flexibility index (Phi) is 5.64. The number of fused-ring (bicyclic) bond motifs is 1. The fourth-order valence-electron chi connectivity index (χ4n) is 3.08. The Hall–Kier alpha value is -3.82. The summed E-state index contributed by atoms with van der Waals surface area (Å²) in [5, 5.41) is 14.4. The number of hydrogen-bond donors (Lipinski definition) is 1. The molecule has 4 rings (SSSR count). The van der Waals surface area contributed by atoms with Crippen LogP contribution in [0.4, 0.5) is 0 Å². The number of methoxy groups -OCH3 is 1. The molecule has 2 aromatic carbocycles. The van der Waals surface area contributed by atoms with E-state index in [9.17, 15) is 5.11 Å². The largest absolute Gasteiger partial charge is 0.497 e. The molecule has 1 N–H and O–H groups in total. The zero-order valence-corrected chi connectivity index (χ0v) is 16.8. The lowest BCUT2D eigenvalue weighted by atomic mass is 10.1. The third-order valence-electron chi connectivity index (χ3n) is 4.65. The van der Waals surface area contributed by atoms with Crippen molar-refractivity contribution < 1.29 is 14.6 Å². The summed E-state index contributed by atoms with van der Waals surface area (Å²) in [7, 11) is 3.45. The Morgan fingerprint density at radius 2 is 1.90 bits per heavy atom. The lowest BCUT2D eigenvalue weighted by Crippen LogP contribution is -1.98. The third-order valence-corrected chi connectivity index (χ3v) is 4.65. The number of aryl methyl sites for hydroxylation is 1. The average molecular weight is 399 g/mol. The van der Waals surface area contributed by atoms with Crippen molar-refractivity contribution in [1.29, 1.82) is 0 Å². The Morgan fingerprint density at radius 1 is 1.07 bits per heavy atom. The minimum atomic E-state index is -0.111. The molecule has 0 aliphatic heterocycles. The van der Waals surface area contributed by atoms with E-state index >= 15 is 0 Å². The summed E-state index contributed by atoms with van der Waals surface area (Å²) >= 11 is 0. The monoisotopic (exact) mass is 399 g/mol. The van der Waals surface area contributed by atoms with Gasteiger partial charge in [-0.2, -0.15) is 5.10 Å². The quantitative estimate of drug-likeness (QED) is 0.521. The Morgan fingerprint density at radius 3 is 2.63 bits per heavy atom. The molecule has 0 saturated heterocycles. The van der Waals surface area contributed by atoms with Crippen molar-refractivity contribution in [1.82, 2.24) is 14.8 Å². The highest BCUT2D eigenvalue weighted by molar-refractivity contribution is 5.86. The van der Waals surface area contributed by atoms with Gasteiger partial charge in [-0.05, 0) is 47.9 Å². The summed E-state index contributed by atoms with van der Waals surface area (Å²) in [6.07, 6.45) is 1.75. The van der Waals surface area contributed by atoms with Gasteiger partial charge in [-0.3, -0.25) is 9.67 Å². The molecule has 2 heterocycles. The van der Waals surface area contributed by atoms with Gasteiger partial charge in [0.2, 0.25) is 0 Å². The van der Waals surface area contributed by atoms with Crippen LogP contribution in [-0.2, 0) is 20.3 Å². The summed E-state index contributed by atoms with van der Waals surface area (Å²) in [5.74, 6) is 7.76. The molecular weight excluding hydrogens is 378 g/mol. The van der Waals surface area contributed by atoms with Gasteiger partial charge in [0.25, 0.3) is 0 Å². The molecule has 0 fully saturated rings. The van der Waals surface area contributed by atoms with Crippen molar-refractivity contribution >= 4 is 10.9 Å². The molecule has 150 valence electrons. The highest BCUT2D eigenvalue weighted by Crippen LogP contribution is 2.26. The Balaban J connectivity index is 1.64. The molecule has 30 heavy (non-hydrogen) atoms. The van der Waals surface area contributed by atoms with Crippen molar-refractivity contribution in [2.45, 2.75) is 13.2 Å². The summed E-state index contributed by atoms with van der Waals surface area (Å²) in [4.78, 5) is 4.47. The maximum absolute atomic E-state index is 9.24. The highest BCUT2D eigenvalue weighted by atomic mass is 16.5. The summed E-state index contributed by atoms with van der Waals surface area (Å²) < 4.78 is 12.9. The first-order chi connectivity index (χ1) is 14.7. The molecule has 0 radical (unpaired) electrons. The molecule has 0 atom stereocenters. The Labute approximate surface area is 174 Å². The smallest absolute Gasteiger partial charge is 0.147 e. The zero-order chi connectivity index (χ0) is 20.9. The van der Waals surface area contributed by atoms with E-state index in [2.05, 4.69) is 21.9 Å². The van der Waals surface area contributed by atoms with Crippen LogP contribution in [0.3, 0.4) is 0 Å². The number of hydrogen-bond acceptors (Lipinski definition) is 5. The van der Waals surface area contributed by atoms with Crippen LogP contribution in [0, 0.1) is 11.8 Å². The predicted molar refractivity (Wildman–Crippen MR) is 114 cm³/mol. The van der Waals surface area contributed by atoms with E-state index in [-0.39, 0.29) is 6.61 Å². The van der Waals surface area contributed by atoms with Gasteiger partial charge in [-0.15, -0.1) is 0 Å². The van der Waals surface area contributed by atoms with E-state index in [1.165, 1.54) is 0 Å². The Bertz CT molecular complexity index is 1230. The van der Waals surface area contributed by atoms with Crippen molar-refractivity contribution in [3.63, 3.8) is 0 Å². The second-order valence-electron chi connectivity index (χ2n) is 6.74. The lowest BCUT2D eigenvalue weighted by molar-refractivity contribution is 0.275. The van der Waals surface area contributed by atoms with Gasteiger partial charge in [0.15, 0.2) is 0 Å². The highest BCUT2D eigenvalue weighted by Gasteiger charge is 2.07. The predicted octanol–water partition coefficient (Wildman–Crippen LogP) is 3.45. The van der Waals surface area contributed by atoms with E-state index in [0.29, 0.717) is 18.1 Å². The molecule has 0 amide bonds. The van der Waals surface area contributed by atoms with Gasteiger partial charge in [-0.25, -0.2) is 0 Å². The van der Waals surface area contributed by atoms with Crippen LogP contribution >= 0.6 is 0 Å². The van der Waals surface area contributed by atoms with Crippen molar-refractivity contribution in [2.24, 2.45) is 7.05 Å². The number of benzene rings is 2. The number of aliphatic hydroxyl groups is 1. The van der Waals surface area contributed by atoms with Gasteiger partial charge < -0.3 is 14.6 Å². The van der Waals surface area contributed by atoms with Crippen LogP contribution in [0.25, 0.3) is 10.9 Å². The first-order valence-electron chi connectivity index (χ1n) is 9.46. The molecule has 6 nitrogen and oxygen atoms in total. The fourth-order valence-corrected chi connectivity index (χ4v) is 3.08. The van der Waals surface area contributed by atoms with E-state index in [1.807, 2.05) is 48.5 Å². The summed E-state index contributed by atoms with van der Waals surface area (Å²) in [6, 6.07) is 17.3. The zero-order valence-electron chi connectivity index (χ0n) is 16.8. The molecular formula is C24H21N3O3. The maximum atomic E-state index is 9.24. The fraction of sp³-hybridized carbons (Fsp3) is 0.167. The van der Waals surface area contributed by atoms with Crippen molar-refractivity contribution in [2.75, 3.05) is 7.11 Å². The SMILES string of the molecule is COc1ccc(COc2cc(C#Cc3cc(CO)nn3C)cc3cccnc23)cc1. The maximum Gasteiger partial charge on any atom is 0.147 e. The van der Waals surface area contributed by atoms with E-state index in [0.717, 1.165) is 33.5 Å². The molecule has 0 bridgehead atoms. The van der Waals surface area contributed by atoms with Gasteiger partial charge in [-0.1, -0.05) is 24.1 Å². The van der Waals surface area contributed by atoms with Crippen LogP contribution in [0.15, 0.2) is 60.8 Å². The van der Waals surface area contributed by atoms with Crippen LogP contribution < -0.4 is 9.47 Å². The first-order valence-corrected chi connectivity index (χ1v) is 9.46. The summed E-state index contributed by atoms with van der Waals surface area (Å²) in [6.45, 7) is 0.300. The van der Waals surface area contributed by atoms with E-state index in [4.69, 9.17) is 9.47 Å². The second-order valence-corrected chi connectivity index (χ2v) is 6.74. The van der Waals surface area contributed by atoms with Gasteiger partial charge >= 0.3 is 0 Å². The van der Waals surface area contributed by atoms with Crippen molar-refractivity contribution in [3.8, 4) is 23.3 Å². The van der Waals surface area contributed by atoms with Gasteiger partial charge in [0, 0.05) is 24.2 Å². The molecule has 2 aromatic heterocycles. The number of pyridine rings is 1. The van der Waals surface area contributed by atoms with Crippen LogP contribution in [0.5, 0.6) is 11.5 Å². The molecule has 0 spiro atoms. The minimum absolute atomic E-state index is 0.111. The molecule has 0 aliphatic rings. The number of aromatic nitrogens is 3. The molecule has 4 aromatic rings. The normalized spacial score (nSPS) is 10.5. The number of nitrogens with zero attached hydrogens (tertiary/aromatic N) is 3. The minimum Gasteiger partial charge on any atom is -0.497 e. The average Bonchev–Trinajstić information content (AvgIpc) is 3.16. The summed E-state index contributed by atoms with van der Waals surface area (Å²) in [5.41, 5.74) is 3.95. The lowest BCUT2D eigenvalue weighted by Gasteiger charge is -2.10. The van der Waals surface area contributed by atoms with E-state index in [1.54, 1.807) is 31.1 Å². The molecule has 0 saturated carbocycles. The molecule has 0 aliphatic carbocycles. The van der Waals surface area contributed by atoms with E-state index < -0.39 is 0 Å². The molecule has 0 unspecified atom stereocenters. The number of aliphatic hydroxyl groups excluding tert-OH is 1. The van der Waals surface area contributed by atoms with Crippen molar-refractivity contribution in [3.05, 3.63) is 83.3 Å². The van der Waals surface area contributed by atoms with Gasteiger partial charge in [0.1, 0.15) is 29.3 Å². The van der Waals surface area contributed by atoms with Crippen LogP contribution in [0.2, 0.25) is 0 Å². The number of ether oxygens (including phenoxy) is 2. The molecule has 6 heteroatoms. The van der Waals surface area contributed by atoms with Gasteiger partial charge in [0.05, 0.1) is 19.4 Å². The topological polar surface area (TPSA) is 69.4 Å². The number of rotatable bonds is 5. The van der Waals surface area contributed by atoms with Crippen LogP contribution in [-0.4, -0.2) is 27.0 Å². The first kappa shape index (κ1) is 19.5. The second kappa shape index (κ2) is 8.68.